The molecule has 0 radical (unpaired) electrons. The molecular weight excluding hydrogens is 508 g/mol. The summed E-state index contributed by atoms with van der Waals surface area (Å²) in [5.41, 5.74) is -1.22. The smallest absolute Gasteiger partial charge is 0.358 e. The monoisotopic (exact) mass is 570 g/mol. The first kappa shape index (κ1) is 38.6. The summed E-state index contributed by atoms with van der Waals surface area (Å²) in [5.74, 6) is -2.53. The normalized spacial score (nSPS) is 13.4. The summed E-state index contributed by atoms with van der Waals surface area (Å²) >= 11 is 0. The molecule has 2 unspecified atom stereocenters. The molecule has 0 bridgehead atoms. The summed E-state index contributed by atoms with van der Waals surface area (Å²) < 4.78 is 0. The molecule has 0 aromatic rings. The SMILES string of the molecule is CCCCCCCC/C=C\CCCCCCCC(=O)OOC(=O)C(CCCCCCC)C(C)C(CO)(CO)CO. The maximum Gasteiger partial charge on any atom is 0.358 e. The Morgan fingerprint density at radius 3 is 1.60 bits per heavy atom. The van der Waals surface area contributed by atoms with Crippen LogP contribution in [0.5, 0.6) is 0 Å². The second-order valence-electron chi connectivity index (χ2n) is 11.6. The first-order chi connectivity index (χ1) is 19.4. The van der Waals surface area contributed by atoms with Gasteiger partial charge in [-0.05, 0) is 44.4 Å². The van der Waals surface area contributed by atoms with Crippen molar-refractivity contribution in [1.82, 2.24) is 0 Å². The van der Waals surface area contributed by atoms with Gasteiger partial charge in [-0.3, -0.25) is 0 Å². The van der Waals surface area contributed by atoms with Gasteiger partial charge in [-0.1, -0.05) is 116 Å². The average molecular weight is 571 g/mol. The second kappa shape index (κ2) is 26.5. The maximum atomic E-state index is 12.9. The molecule has 0 saturated heterocycles. The lowest BCUT2D eigenvalue weighted by Gasteiger charge is -2.37. The van der Waals surface area contributed by atoms with Crippen molar-refractivity contribution < 1.29 is 34.7 Å². The van der Waals surface area contributed by atoms with Gasteiger partial charge in [0.1, 0.15) is 0 Å². The molecule has 0 fully saturated rings. The van der Waals surface area contributed by atoms with Crippen LogP contribution in [0.4, 0.5) is 0 Å². The van der Waals surface area contributed by atoms with Crippen LogP contribution in [0.25, 0.3) is 0 Å². The van der Waals surface area contributed by atoms with Crippen LogP contribution < -0.4 is 0 Å². The van der Waals surface area contributed by atoms with Crippen LogP contribution in [0.15, 0.2) is 12.2 Å². The summed E-state index contributed by atoms with van der Waals surface area (Å²) in [6, 6.07) is 0. The fourth-order valence-corrected chi connectivity index (χ4v) is 5.08. The van der Waals surface area contributed by atoms with E-state index in [1.165, 1.54) is 44.9 Å². The van der Waals surface area contributed by atoms with Gasteiger partial charge in [-0.25, -0.2) is 19.4 Å². The van der Waals surface area contributed by atoms with Gasteiger partial charge in [0.15, 0.2) is 0 Å². The van der Waals surface area contributed by atoms with E-state index >= 15 is 0 Å². The second-order valence-corrected chi connectivity index (χ2v) is 11.6. The Morgan fingerprint density at radius 1 is 0.650 bits per heavy atom. The minimum atomic E-state index is -1.22. The van der Waals surface area contributed by atoms with Crippen molar-refractivity contribution in [3.8, 4) is 0 Å². The fraction of sp³-hybridized carbons (Fsp3) is 0.879. The number of carbonyl (C=O) groups is 2. The number of rotatable bonds is 27. The van der Waals surface area contributed by atoms with E-state index < -0.39 is 49.0 Å². The highest BCUT2D eigenvalue weighted by Crippen LogP contribution is 2.36. The zero-order chi connectivity index (χ0) is 29.9. The van der Waals surface area contributed by atoms with E-state index in [-0.39, 0.29) is 6.42 Å². The number of allylic oxidation sites excluding steroid dienone is 2. The molecule has 0 rings (SSSR count). The summed E-state index contributed by atoms with van der Waals surface area (Å²) in [6.07, 6.45) is 25.5. The van der Waals surface area contributed by atoms with Crippen molar-refractivity contribution in [1.29, 1.82) is 0 Å². The van der Waals surface area contributed by atoms with Gasteiger partial charge >= 0.3 is 11.9 Å². The molecule has 0 aromatic heterocycles. The zero-order valence-electron chi connectivity index (χ0n) is 26.0. The van der Waals surface area contributed by atoms with E-state index in [1.807, 2.05) is 0 Å². The lowest BCUT2D eigenvalue weighted by atomic mass is 9.70. The Bertz CT molecular complexity index is 622. The van der Waals surface area contributed by atoms with Crippen molar-refractivity contribution in [2.24, 2.45) is 17.3 Å². The molecule has 0 aliphatic rings. The van der Waals surface area contributed by atoms with Gasteiger partial charge in [0.2, 0.25) is 0 Å². The Balaban J connectivity index is 4.25. The molecule has 7 nitrogen and oxygen atoms in total. The van der Waals surface area contributed by atoms with Gasteiger partial charge in [-0.2, -0.15) is 0 Å². The van der Waals surface area contributed by atoms with Crippen molar-refractivity contribution in [2.45, 2.75) is 149 Å². The van der Waals surface area contributed by atoms with Crippen LogP contribution in [0.2, 0.25) is 0 Å². The minimum Gasteiger partial charge on any atom is -0.396 e. The quantitative estimate of drug-likeness (QED) is 0.0403. The number of hydrogen-bond donors (Lipinski definition) is 3. The molecule has 40 heavy (non-hydrogen) atoms. The highest BCUT2D eigenvalue weighted by molar-refractivity contribution is 5.74. The van der Waals surface area contributed by atoms with Gasteiger partial charge in [-0.15, -0.1) is 0 Å². The molecule has 7 heteroatoms. The lowest BCUT2D eigenvalue weighted by Crippen LogP contribution is -2.45. The van der Waals surface area contributed by atoms with Crippen molar-refractivity contribution >= 4 is 11.9 Å². The van der Waals surface area contributed by atoms with Crippen molar-refractivity contribution in [3.63, 3.8) is 0 Å². The predicted octanol–water partition coefficient (Wildman–Crippen LogP) is 7.60. The van der Waals surface area contributed by atoms with Crippen LogP contribution in [0.1, 0.15) is 149 Å². The number of aliphatic hydroxyl groups is 3. The van der Waals surface area contributed by atoms with E-state index in [2.05, 4.69) is 26.0 Å². The first-order valence-corrected chi connectivity index (χ1v) is 16.3. The largest absolute Gasteiger partial charge is 0.396 e. The van der Waals surface area contributed by atoms with Gasteiger partial charge in [0.05, 0.1) is 32.2 Å². The Hall–Kier alpha value is -1.44. The molecular formula is C33H62O7. The number of unbranched alkanes of at least 4 members (excludes halogenated alkanes) is 15. The molecule has 0 spiro atoms. The third-order valence-electron chi connectivity index (χ3n) is 8.30. The molecule has 0 amide bonds. The van der Waals surface area contributed by atoms with E-state index in [1.54, 1.807) is 6.92 Å². The molecule has 0 aliphatic carbocycles. The number of carbonyl (C=O) groups excluding carboxylic acids is 2. The molecule has 3 N–H and O–H groups in total. The Labute approximate surface area is 245 Å². The van der Waals surface area contributed by atoms with Crippen LogP contribution in [0.3, 0.4) is 0 Å². The van der Waals surface area contributed by atoms with E-state index in [0.29, 0.717) is 12.8 Å². The average Bonchev–Trinajstić information content (AvgIpc) is 2.96. The van der Waals surface area contributed by atoms with E-state index in [9.17, 15) is 24.9 Å². The van der Waals surface area contributed by atoms with Crippen LogP contribution in [-0.2, 0) is 19.4 Å². The van der Waals surface area contributed by atoms with Gasteiger partial charge in [0.25, 0.3) is 0 Å². The first-order valence-electron chi connectivity index (χ1n) is 16.3. The zero-order valence-corrected chi connectivity index (χ0v) is 26.0. The van der Waals surface area contributed by atoms with Gasteiger partial charge < -0.3 is 15.3 Å². The molecule has 0 aromatic carbocycles. The number of hydrogen-bond acceptors (Lipinski definition) is 7. The fourth-order valence-electron chi connectivity index (χ4n) is 5.08. The minimum absolute atomic E-state index is 0.191. The highest BCUT2D eigenvalue weighted by Gasteiger charge is 2.43. The maximum absolute atomic E-state index is 12.9. The molecule has 0 saturated carbocycles. The Morgan fingerprint density at radius 2 is 1.10 bits per heavy atom. The summed E-state index contributed by atoms with van der Waals surface area (Å²) in [6.45, 7) is 4.71. The summed E-state index contributed by atoms with van der Waals surface area (Å²) in [5, 5.41) is 29.5. The van der Waals surface area contributed by atoms with Crippen molar-refractivity contribution in [3.05, 3.63) is 12.2 Å². The topological polar surface area (TPSA) is 113 Å². The molecule has 2 atom stereocenters. The van der Waals surface area contributed by atoms with Crippen LogP contribution in [-0.4, -0.2) is 47.1 Å². The standard InChI is InChI=1S/C33H62O7/c1-4-6-8-10-11-12-13-14-15-16-17-18-19-21-23-25-31(37)39-40-32(38)30(24-22-20-9-7-5-2)29(3)33(26-34,27-35)28-36/h14-15,29-30,34-36H,4-13,16-28H2,1-3H3/b15-14-. The van der Waals surface area contributed by atoms with E-state index in [4.69, 9.17) is 9.78 Å². The third-order valence-corrected chi connectivity index (χ3v) is 8.30. The van der Waals surface area contributed by atoms with Crippen molar-refractivity contribution in [2.75, 3.05) is 19.8 Å². The molecule has 0 aliphatic heterocycles. The lowest BCUT2D eigenvalue weighted by molar-refractivity contribution is -0.265. The molecule has 0 heterocycles. The van der Waals surface area contributed by atoms with Gasteiger partial charge in [0, 0.05) is 5.41 Å². The third kappa shape index (κ3) is 18.1. The Kier molecular flexibility index (Phi) is 25.5. The summed E-state index contributed by atoms with van der Waals surface area (Å²) in [4.78, 5) is 34.8. The summed E-state index contributed by atoms with van der Waals surface area (Å²) in [7, 11) is 0. The van der Waals surface area contributed by atoms with Crippen LogP contribution in [0, 0.1) is 17.3 Å². The van der Waals surface area contributed by atoms with Crippen LogP contribution >= 0.6 is 0 Å². The van der Waals surface area contributed by atoms with E-state index in [0.717, 1.165) is 64.2 Å². The predicted molar refractivity (Wildman–Crippen MR) is 161 cm³/mol. The number of aliphatic hydroxyl groups excluding tert-OH is 3. The highest BCUT2D eigenvalue weighted by atomic mass is 17.2. The molecule has 236 valence electrons.